The van der Waals surface area contributed by atoms with Crippen molar-refractivity contribution in [2.45, 2.75) is 25.7 Å². The fourth-order valence-electron chi connectivity index (χ4n) is 3.88. The van der Waals surface area contributed by atoms with E-state index >= 15 is 0 Å². The van der Waals surface area contributed by atoms with Crippen LogP contribution in [0.1, 0.15) is 34.3 Å². The van der Waals surface area contributed by atoms with Gasteiger partial charge in [-0.25, -0.2) is 4.79 Å². The molecule has 1 aliphatic rings. The van der Waals surface area contributed by atoms with Crippen molar-refractivity contribution < 1.29 is 24.2 Å². The standard InChI is InChI=1S/C23H27NO5/c1-28-20-8-7-17(14-21(20)29-2)15-22(25)24-11-9-16(10-12-24)13-18-5-3-4-6-19(18)23(26)27/h3-8,14,16H,9-13,15H2,1-2H3,(H,26,27). The summed E-state index contributed by atoms with van der Waals surface area (Å²) >= 11 is 0. The first-order valence-electron chi connectivity index (χ1n) is 9.81. The lowest BCUT2D eigenvalue weighted by Gasteiger charge is -2.32. The second kappa shape index (κ2) is 9.45. The number of ether oxygens (including phenoxy) is 2. The molecule has 6 nitrogen and oxygen atoms in total. The van der Waals surface area contributed by atoms with Crippen LogP contribution in [0.3, 0.4) is 0 Å². The zero-order chi connectivity index (χ0) is 20.8. The van der Waals surface area contributed by atoms with Gasteiger partial charge in [-0.2, -0.15) is 0 Å². The number of methoxy groups -OCH3 is 2. The van der Waals surface area contributed by atoms with Crippen LogP contribution in [0.5, 0.6) is 11.5 Å². The molecule has 0 atom stereocenters. The highest BCUT2D eigenvalue weighted by atomic mass is 16.5. The number of hydrogen-bond acceptors (Lipinski definition) is 4. The molecule has 0 aromatic heterocycles. The second-order valence-corrected chi connectivity index (χ2v) is 7.36. The van der Waals surface area contributed by atoms with Crippen molar-refractivity contribution in [3.63, 3.8) is 0 Å². The first-order valence-corrected chi connectivity index (χ1v) is 9.81. The Kier molecular flexibility index (Phi) is 6.75. The number of carboxylic acids is 1. The molecule has 0 unspecified atom stereocenters. The lowest BCUT2D eigenvalue weighted by molar-refractivity contribution is -0.131. The minimum atomic E-state index is -0.886. The van der Waals surface area contributed by atoms with Crippen molar-refractivity contribution in [2.75, 3.05) is 27.3 Å². The summed E-state index contributed by atoms with van der Waals surface area (Å²) in [6.45, 7) is 1.40. The van der Waals surface area contributed by atoms with E-state index in [9.17, 15) is 14.7 Å². The fraction of sp³-hybridized carbons (Fsp3) is 0.391. The maximum Gasteiger partial charge on any atom is 0.335 e. The Hall–Kier alpha value is -3.02. The molecule has 1 heterocycles. The summed E-state index contributed by atoms with van der Waals surface area (Å²) in [5.41, 5.74) is 2.14. The van der Waals surface area contributed by atoms with E-state index in [-0.39, 0.29) is 5.91 Å². The molecule has 2 aromatic rings. The van der Waals surface area contributed by atoms with Crippen LogP contribution in [0.4, 0.5) is 0 Å². The Morgan fingerprint density at radius 3 is 2.38 bits per heavy atom. The minimum Gasteiger partial charge on any atom is -0.493 e. The molecular weight excluding hydrogens is 370 g/mol. The van der Waals surface area contributed by atoms with Crippen LogP contribution in [-0.2, 0) is 17.6 Å². The molecule has 0 saturated carbocycles. The number of carbonyl (C=O) groups is 2. The topological polar surface area (TPSA) is 76.1 Å². The van der Waals surface area contributed by atoms with Crippen LogP contribution in [0.15, 0.2) is 42.5 Å². The van der Waals surface area contributed by atoms with E-state index in [0.29, 0.717) is 42.5 Å². The number of piperidine rings is 1. The van der Waals surface area contributed by atoms with Gasteiger partial charge < -0.3 is 19.5 Å². The lowest BCUT2D eigenvalue weighted by Crippen LogP contribution is -2.39. The van der Waals surface area contributed by atoms with Crippen molar-refractivity contribution in [3.05, 3.63) is 59.2 Å². The van der Waals surface area contributed by atoms with Crippen LogP contribution >= 0.6 is 0 Å². The molecule has 29 heavy (non-hydrogen) atoms. The average Bonchev–Trinajstić information content (AvgIpc) is 2.74. The first-order chi connectivity index (χ1) is 14.0. The Morgan fingerprint density at radius 2 is 1.72 bits per heavy atom. The number of benzene rings is 2. The number of carbonyl (C=O) groups excluding carboxylic acids is 1. The van der Waals surface area contributed by atoms with E-state index < -0.39 is 5.97 Å². The third kappa shape index (κ3) is 5.08. The molecule has 0 spiro atoms. The molecule has 1 amide bonds. The molecule has 1 fully saturated rings. The summed E-state index contributed by atoms with van der Waals surface area (Å²) in [6.07, 6.45) is 2.82. The Balaban J connectivity index is 1.55. The number of likely N-dealkylation sites (tertiary alicyclic amines) is 1. The molecule has 0 bridgehead atoms. The van der Waals surface area contributed by atoms with E-state index in [4.69, 9.17) is 9.47 Å². The predicted octanol–water partition coefficient (Wildman–Crippen LogP) is 3.43. The molecule has 1 N–H and O–H groups in total. The van der Waals surface area contributed by atoms with Gasteiger partial charge in [0.15, 0.2) is 11.5 Å². The van der Waals surface area contributed by atoms with E-state index in [1.165, 1.54) is 0 Å². The van der Waals surface area contributed by atoms with Crippen LogP contribution in [-0.4, -0.2) is 49.2 Å². The summed E-state index contributed by atoms with van der Waals surface area (Å²) in [5, 5.41) is 9.35. The molecule has 0 radical (unpaired) electrons. The SMILES string of the molecule is COc1ccc(CC(=O)N2CCC(Cc3ccccc3C(=O)O)CC2)cc1OC. The Labute approximate surface area is 171 Å². The fourth-order valence-corrected chi connectivity index (χ4v) is 3.88. The number of hydrogen-bond donors (Lipinski definition) is 1. The van der Waals surface area contributed by atoms with Crippen LogP contribution in [0.2, 0.25) is 0 Å². The van der Waals surface area contributed by atoms with E-state index in [1.807, 2.05) is 35.2 Å². The van der Waals surface area contributed by atoms with E-state index in [2.05, 4.69) is 0 Å². The highest BCUT2D eigenvalue weighted by Gasteiger charge is 2.24. The van der Waals surface area contributed by atoms with Gasteiger partial charge in [0.2, 0.25) is 5.91 Å². The average molecular weight is 397 g/mol. The Morgan fingerprint density at radius 1 is 1.03 bits per heavy atom. The van der Waals surface area contributed by atoms with Crippen LogP contribution < -0.4 is 9.47 Å². The normalized spacial score (nSPS) is 14.5. The molecule has 154 valence electrons. The number of rotatable bonds is 7. The monoisotopic (exact) mass is 397 g/mol. The minimum absolute atomic E-state index is 0.0987. The number of carboxylic acid groups (broad SMARTS) is 1. The lowest BCUT2D eigenvalue weighted by atomic mass is 9.88. The summed E-state index contributed by atoms with van der Waals surface area (Å²) in [4.78, 5) is 26.0. The van der Waals surface area contributed by atoms with Gasteiger partial charge in [0.05, 0.1) is 26.2 Å². The third-order valence-electron chi connectivity index (χ3n) is 5.53. The predicted molar refractivity (Wildman–Crippen MR) is 110 cm³/mol. The third-order valence-corrected chi connectivity index (χ3v) is 5.53. The quantitative estimate of drug-likeness (QED) is 0.775. The summed E-state index contributed by atoms with van der Waals surface area (Å²) in [7, 11) is 3.17. The highest BCUT2D eigenvalue weighted by Crippen LogP contribution is 2.28. The van der Waals surface area contributed by atoms with Gasteiger partial charge in [0, 0.05) is 13.1 Å². The molecule has 6 heteroatoms. The van der Waals surface area contributed by atoms with Crippen LogP contribution in [0, 0.1) is 5.92 Å². The Bertz CT molecular complexity index is 871. The first kappa shape index (κ1) is 20.7. The van der Waals surface area contributed by atoms with Gasteiger partial charge in [-0.1, -0.05) is 24.3 Å². The summed E-state index contributed by atoms with van der Waals surface area (Å²) in [6, 6.07) is 12.7. The maximum atomic E-state index is 12.7. The summed E-state index contributed by atoms with van der Waals surface area (Å²) < 4.78 is 10.5. The molecule has 3 rings (SSSR count). The molecule has 0 aliphatic carbocycles. The molecule has 2 aromatic carbocycles. The van der Waals surface area contributed by atoms with Gasteiger partial charge in [-0.3, -0.25) is 4.79 Å². The number of nitrogens with zero attached hydrogens (tertiary/aromatic N) is 1. The molecule has 1 saturated heterocycles. The van der Waals surface area contributed by atoms with Gasteiger partial charge in [-0.05, 0) is 54.5 Å². The number of aromatic carboxylic acids is 1. The smallest absolute Gasteiger partial charge is 0.335 e. The summed E-state index contributed by atoms with van der Waals surface area (Å²) in [5.74, 6) is 0.866. The van der Waals surface area contributed by atoms with E-state index in [0.717, 1.165) is 30.4 Å². The van der Waals surface area contributed by atoms with E-state index in [1.54, 1.807) is 26.4 Å². The van der Waals surface area contributed by atoms with Gasteiger partial charge in [0.25, 0.3) is 0 Å². The zero-order valence-corrected chi connectivity index (χ0v) is 16.9. The molecular formula is C23H27NO5. The van der Waals surface area contributed by atoms with Crippen molar-refractivity contribution in [1.29, 1.82) is 0 Å². The maximum absolute atomic E-state index is 12.7. The number of amides is 1. The second-order valence-electron chi connectivity index (χ2n) is 7.36. The van der Waals surface area contributed by atoms with Gasteiger partial charge in [-0.15, -0.1) is 0 Å². The van der Waals surface area contributed by atoms with Crippen molar-refractivity contribution in [1.82, 2.24) is 4.90 Å². The van der Waals surface area contributed by atoms with Crippen molar-refractivity contribution >= 4 is 11.9 Å². The van der Waals surface area contributed by atoms with Crippen molar-refractivity contribution in [2.24, 2.45) is 5.92 Å². The molecule has 1 aliphatic heterocycles. The van der Waals surface area contributed by atoms with Crippen LogP contribution in [0.25, 0.3) is 0 Å². The highest BCUT2D eigenvalue weighted by molar-refractivity contribution is 5.89. The van der Waals surface area contributed by atoms with Crippen molar-refractivity contribution in [3.8, 4) is 11.5 Å². The zero-order valence-electron chi connectivity index (χ0n) is 16.9. The largest absolute Gasteiger partial charge is 0.493 e. The van der Waals surface area contributed by atoms with Gasteiger partial charge >= 0.3 is 5.97 Å². The van der Waals surface area contributed by atoms with Gasteiger partial charge in [0.1, 0.15) is 0 Å².